The second-order valence-electron chi connectivity index (χ2n) is 3.69. The Morgan fingerprint density at radius 1 is 1.43 bits per heavy atom. The Hall–Kier alpha value is -0.610. The van der Waals surface area contributed by atoms with E-state index < -0.39 is 5.54 Å². The van der Waals surface area contributed by atoms with Crippen molar-refractivity contribution in [3.63, 3.8) is 0 Å². The average Bonchev–Trinajstić information content (AvgIpc) is 2.02. The lowest BCUT2D eigenvalue weighted by atomic mass is 9.95. The molecule has 0 heterocycles. The van der Waals surface area contributed by atoms with Gasteiger partial charge in [0, 0.05) is 11.1 Å². The molecule has 0 saturated heterocycles. The summed E-state index contributed by atoms with van der Waals surface area (Å²) in [6.45, 7) is 3.50. The predicted octanol–water partition coefficient (Wildman–Crippen LogP) is 2.79. The molecule has 0 radical (unpaired) electrons. The average molecular weight is 262 g/mol. The summed E-state index contributed by atoms with van der Waals surface area (Å²) in [4.78, 5) is 0. The lowest BCUT2D eigenvalue weighted by Gasteiger charge is -2.21. The molecule has 0 aliphatic rings. The van der Waals surface area contributed by atoms with Crippen LogP contribution in [0.3, 0.4) is 0 Å². The number of hydrogen-bond acceptors (Lipinski definition) is 2. The van der Waals surface area contributed by atoms with Gasteiger partial charge in [-0.1, -0.05) is 0 Å². The molecular formula is C10H13BrFNO. The van der Waals surface area contributed by atoms with E-state index in [1.807, 2.05) is 0 Å². The summed E-state index contributed by atoms with van der Waals surface area (Å²) in [6, 6.07) is 2.97. The largest absolute Gasteiger partial charge is 0.496 e. The minimum Gasteiger partial charge on any atom is -0.496 e. The van der Waals surface area contributed by atoms with Gasteiger partial charge in [0.25, 0.3) is 0 Å². The highest BCUT2D eigenvalue weighted by Gasteiger charge is 2.20. The standard InChI is InChI=1S/C10H13BrFNO/c1-10(2,13)6-4-9(14-3)7(11)5-8(6)12/h4-5H,13H2,1-3H3. The maximum absolute atomic E-state index is 13.5. The summed E-state index contributed by atoms with van der Waals surface area (Å²) in [7, 11) is 1.53. The van der Waals surface area contributed by atoms with Gasteiger partial charge in [0.05, 0.1) is 11.6 Å². The minimum absolute atomic E-state index is 0.329. The van der Waals surface area contributed by atoms with Gasteiger partial charge in [-0.3, -0.25) is 0 Å². The quantitative estimate of drug-likeness (QED) is 0.889. The van der Waals surface area contributed by atoms with E-state index in [2.05, 4.69) is 15.9 Å². The number of rotatable bonds is 2. The van der Waals surface area contributed by atoms with Gasteiger partial charge in [0.1, 0.15) is 11.6 Å². The number of methoxy groups -OCH3 is 1. The minimum atomic E-state index is -0.710. The first-order chi connectivity index (χ1) is 6.36. The third-order valence-electron chi connectivity index (χ3n) is 1.94. The van der Waals surface area contributed by atoms with Crippen LogP contribution in [0.5, 0.6) is 5.75 Å². The molecule has 0 aliphatic carbocycles. The lowest BCUT2D eigenvalue weighted by Crippen LogP contribution is -2.29. The summed E-state index contributed by atoms with van der Waals surface area (Å²) in [5, 5.41) is 0. The first-order valence-corrected chi connectivity index (χ1v) is 4.98. The highest BCUT2D eigenvalue weighted by molar-refractivity contribution is 9.10. The third kappa shape index (κ3) is 2.25. The van der Waals surface area contributed by atoms with E-state index >= 15 is 0 Å². The summed E-state index contributed by atoms with van der Waals surface area (Å²) in [5.41, 5.74) is 5.55. The van der Waals surface area contributed by atoms with Crippen molar-refractivity contribution in [1.82, 2.24) is 0 Å². The Balaban J connectivity index is 3.32. The fourth-order valence-corrected chi connectivity index (χ4v) is 1.66. The topological polar surface area (TPSA) is 35.2 Å². The molecule has 0 saturated carbocycles. The van der Waals surface area contributed by atoms with E-state index in [9.17, 15) is 4.39 Å². The molecule has 0 atom stereocenters. The van der Waals surface area contributed by atoms with Crippen LogP contribution in [0.15, 0.2) is 16.6 Å². The fraction of sp³-hybridized carbons (Fsp3) is 0.400. The van der Waals surface area contributed by atoms with E-state index in [1.165, 1.54) is 13.2 Å². The summed E-state index contributed by atoms with van der Waals surface area (Å²) in [5.74, 6) is 0.255. The molecule has 0 amide bonds. The first kappa shape index (κ1) is 11.5. The van der Waals surface area contributed by atoms with Crippen LogP contribution in [-0.2, 0) is 5.54 Å². The van der Waals surface area contributed by atoms with Gasteiger partial charge >= 0.3 is 0 Å². The number of nitrogens with two attached hydrogens (primary N) is 1. The van der Waals surface area contributed by atoms with Gasteiger partial charge in [0.2, 0.25) is 0 Å². The van der Waals surface area contributed by atoms with Crippen LogP contribution in [-0.4, -0.2) is 7.11 Å². The van der Waals surface area contributed by atoms with Gasteiger partial charge < -0.3 is 10.5 Å². The molecule has 1 aromatic rings. The molecule has 0 fully saturated rings. The van der Waals surface area contributed by atoms with Crippen LogP contribution in [0, 0.1) is 5.82 Å². The second kappa shape index (κ2) is 3.87. The monoisotopic (exact) mass is 261 g/mol. The van der Waals surface area contributed by atoms with Crippen LogP contribution in [0.1, 0.15) is 19.4 Å². The van der Waals surface area contributed by atoms with Crippen LogP contribution in [0.25, 0.3) is 0 Å². The molecule has 0 spiro atoms. The molecule has 0 aromatic heterocycles. The van der Waals surface area contributed by atoms with E-state index in [1.54, 1.807) is 19.9 Å². The molecule has 2 nitrogen and oxygen atoms in total. The molecule has 0 unspecified atom stereocenters. The molecule has 1 aromatic carbocycles. The highest BCUT2D eigenvalue weighted by Crippen LogP contribution is 2.31. The zero-order valence-corrected chi connectivity index (χ0v) is 9.98. The van der Waals surface area contributed by atoms with E-state index in [-0.39, 0.29) is 5.82 Å². The smallest absolute Gasteiger partial charge is 0.133 e. The van der Waals surface area contributed by atoms with Crippen molar-refractivity contribution >= 4 is 15.9 Å². The second-order valence-corrected chi connectivity index (χ2v) is 4.54. The number of hydrogen-bond donors (Lipinski definition) is 1. The number of benzene rings is 1. The summed E-state index contributed by atoms with van der Waals surface area (Å²) < 4.78 is 19.2. The Bertz CT molecular complexity index is 347. The van der Waals surface area contributed by atoms with E-state index in [0.29, 0.717) is 15.8 Å². The first-order valence-electron chi connectivity index (χ1n) is 4.18. The van der Waals surface area contributed by atoms with Gasteiger partial charge in [0.15, 0.2) is 0 Å². The zero-order chi connectivity index (χ0) is 10.9. The molecule has 4 heteroatoms. The van der Waals surface area contributed by atoms with Crippen LogP contribution >= 0.6 is 15.9 Å². The normalized spacial score (nSPS) is 11.6. The highest BCUT2D eigenvalue weighted by atomic mass is 79.9. The summed E-state index contributed by atoms with van der Waals surface area (Å²) in [6.07, 6.45) is 0. The van der Waals surface area contributed by atoms with Crippen molar-refractivity contribution in [2.24, 2.45) is 5.73 Å². The molecule has 78 valence electrons. The Morgan fingerprint density at radius 3 is 2.43 bits per heavy atom. The molecule has 0 aliphatic heterocycles. The Kier molecular flexibility index (Phi) is 3.17. The van der Waals surface area contributed by atoms with E-state index in [4.69, 9.17) is 10.5 Å². The third-order valence-corrected chi connectivity index (χ3v) is 2.56. The predicted molar refractivity (Wildman–Crippen MR) is 57.9 cm³/mol. The van der Waals surface area contributed by atoms with Crippen molar-refractivity contribution in [3.8, 4) is 5.75 Å². The van der Waals surface area contributed by atoms with E-state index in [0.717, 1.165) is 0 Å². The lowest BCUT2D eigenvalue weighted by molar-refractivity contribution is 0.406. The molecule has 14 heavy (non-hydrogen) atoms. The SMILES string of the molecule is COc1cc(C(C)(C)N)c(F)cc1Br. The van der Waals surface area contributed by atoms with Crippen LogP contribution in [0.4, 0.5) is 4.39 Å². The number of ether oxygens (including phenoxy) is 1. The zero-order valence-electron chi connectivity index (χ0n) is 8.40. The van der Waals surface area contributed by atoms with Crippen molar-refractivity contribution in [2.75, 3.05) is 7.11 Å². The fourth-order valence-electron chi connectivity index (χ4n) is 1.18. The van der Waals surface area contributed by atoms with Crippen molar-refractivity contribution in [2.45, 2.75) is 19.4 Å². The van der Waals surface area contributed by atoms with Crippen molar-refractivity contribution < 1.29 is 9.13 Å². The molecule has 1 rings (SSSR count). The van der Waals surface area contributed by atoms with Gasteiger partial charge in [-0.25, -0.2) is 4.39 Å². The molecular weight excluding hydrogens is 249 g/mol. The Labute approximate surface area is 91.4 Å². The maximum atomic E-state index is 13.5. The van der Waals surface area contributed by atoms with Gasteiger partial charge in [-0.15, -0.1) is 0 Å². The summed E-state index contributed by atoms with van der Waals surface area (Å²) >= 11 is 3.20. The molecule has 2 N–H and O–H groups in total. The van der Waals surface area contributed by atoms with Crippen LogP contribution < -0.4 is 10.5 Å². The van der Waals surface area contributed by atoms with Gasteiger partial charge in [-0.2, -0.15) is 0 Å². The molecule has 0 bridgehead atoms. The maximum Gasteiger partial charge on any atom is 0.133 e. The van der Waals surface area contributed by atoms with Crippen molar-refractivity contribution in [3.05, 3.63) is 28.0 Å². The van der Waals surface area contributed by atoms with Crippen LogP contribution in [0.2, 0.25) is 0 Å². The number of halogens is 2. The Morgan fingerprint density at radius 2 is 2.00 bits per heavy atom. The van der Waals surface area contributed by atoms with Crippen molar-refractivity contribution in [1.29, 1.82) is 0 Å². The van der Waals surface area contributed by atoms with Gasteiger partial charge in [-0.05, 0) is 41.9 Å².